The number of rotatable bonds is 2. The maximum absolute atomic E-state index is 11.4. The maximum Gasteiger partial charge on any atom is 0.283 e. The molecule has 0 fully saturated rings. The lowest BCUT2D eigenvalue weighted by Crippen LogP contribution is -2.07. The molecule has 0 aliphatic carbocycles. The minimum absolute atomic E-state index is 0.0156. The average molecular weight is 274 g/mol. The lowest BCUT2D eigenvalue weighted by molar-refractivity contribution is 0.269. The van der Waals surface area contributed by atoms with Gasteiger partial charge >= 0.3 is 0 Å². The van der Waals surface area contributed by atoms with Crippen LogP contribution in [0, 0.1) is 0 Å². The van der Waals surface area contributed by atoms with E-state index in [1.807, 2.05) is 38.1 Å². The Bertz CT molecular complexity index is 328. The number of carbonyl (C=O) groups excluding carboxylic acids is 1. The summed E-state index contributed by atoms with van der Waals surface area (Å²) in [5.41, 5.74) is 0.817. The highest BCUT2D eigenvalue weighted by Gasteiger charge is 2.05. The van der Waals surface area contributed by atoms with Crippen molar-refractivity contribution in [3.63, 3.8) is 0 Å². The minimum Gasteiger partial charge on any atom is -0.317 e. The molecule has 1 amide bonds. The molecule has 0 saturated carbocycles. The number of amides is 1. The smallest absolute Gasteiger partial charge is 0.283 e. The van der Waals surface area contributed by atoms with Gasteiger partial charge < -0.3 is 5.32 Å². The fourth-order valence-electron chi connectivity index (χ4n) is 0.928. The number of anilines is 1. The fraction of sp³-hybridized carbons (Fsp3) is 0.300. The first-order chi connectivity index (χ1) is 6.58. The molecule has 0 spiro atoms. The zero-order chi connectivity index (χ0) is 10.6. The van der Waals surface area contributed by atoms with E-state index in [1.165, 1.54) is 11.8 Å². The van der Waals surface area contributed by atoms with Crippen LogP contribution >= 0.6 is 27.7 Å². The van der Waals surface area contributed by atoms with E-state index in [4.69, 9.17) is 0 Å². The van der Waals surface area contributed by atoms with Crippen LogP contribution in [0.2, 0.25) is 0 Å². The molecule has 1 rings (SSSR count). The highest BCUT2D eigenvalue weighted by atomic mass is 79.9. The zero-order valence-electron chi connectivity index (χ0n) is 8.08. The Kier molecular flexibility index (Phi) is 4.48. The van der Waals surface area contributed by atoms with Gasteiger partial charge in [0.1, 0.15) is 0 Å². The normalized spacial score (nSPS) is 10.3. The summed E-state index contributed by atoms with van der Waals surface area (Å²) in [6.45, 7) is 3.98. The van der Waals surface area contributed by atoms with Crippen molar-refractivity contribution in [2.75, 3.05) is 5.32 Å². The molecule has 14 heavy (non-hydrogen) atoms. The van der Waals surface area contributed by atoms with Crippen LogP contribution in [-0.2, 0) is 0 Å². The van der Waals surface area contributed by atoms with Gasteiger partial charge in [-0.3, -0.25) is 4.79 Å². The van der Waals surface area contributed by atoms with Crippen LogP contribution in [0.3, 0.4) is 0 Å². The minimum atomic E-state index is -0.0156. The molecule has 0 aromatic heterocycles. The van der Waals surface area contributed by atoms with E-state index >= 15 is 0 Å². The van der Waals surface area contributed by atoms with Gasteiger partial charge in [0.25, 0.3) is 5.24 Å². The standard InChI is InChI=1S/C10H12BrNOS/c1-7(2)14-10(13)12-9-5-3-4-8(11)6-9/h3-7H,1-2H3,(H,12,13). The molecule has 1 N–H and O–H groups in total. The average Bonchev–Trinajstić information content (AvgIpc) is 2.01. The van der Waals surface area contributed by atoms with Crippen LogP contribution in [0.1, 0.15) is 13.8 Å². The van der Waals surface area contributed by atoms with E-state index in [0.717, 1.165) is 10.2 Å². The predicted molar refractivity (Wildman–Crippen MR) is 65.9 cm³/mol. The summed E-state index contributed by atoms with van der Waals surface area (Å²) in [4.78, 5) is 11.4. The van der Waals surface area contributed by atoms with Crippen LogP contribution < -0.4 is 5.32 Å². The number of nitrogens with one attached hydrogen (secondary N) is 1. The Hall–Kier alpha value is -0.480. The molecule has 1 aromatic rings. The van der Waals surface area contributed by atoms with Crippen molar-refractivity contribution in [3.05, 3.63) is 28.7 Å². The number of hydrogen-bond donors (Lipinski definition) is 1. The first-order valence-corrected chi connectivity index (χ1v) is 5.98. The van der Waals surface area contributed by atoms with E-state index < -0.39 is 0 Å². The summed E-state index contributed by atoms with van der Waals surface area (Å²) >= 11 is 4.63. The van der Waals surface area contributed by atoms with E-state index in [1.54, 1.807) is 0 Å². The number of hydrogen-bond acceptors (Lipinski definition) is 2. The molecule has 0 atom stereocenters. The molecule has 0 bridgehead atoms. The van der Waals surface area contributed by atoms with E-state index in [9.17, 15) is 4.79 Å². The van der Waals surface area contributed by atoms with Crippen molar-refractivity contribution >= 4 is 38.6 Å². The molecule has 2 nitrogen and oxygen atoms in total. The Balaban J connectivity index is 2.56. The summed E-state index contributed by atoms with van der Waals surface area (Å²) in [5.74, 6) is 0. The van der Waals surface area contributed by atoms with E-state index in [2.05, 4.69) is 21.2 Å². The monoisotopic (exact) mass is 273 g/mol. The molecule has 76 valence electrons. The number of halogens is 1. The Labute approximate surface area is 96.6 Å². The molecule has 0 aliphatic heterocycles. The van der Waals surface area contributed by atoms with Gasteiger partial charge in [-0.1, -0.05) is 47.6 Å². The molecule has 0 saturated heterocycles. The van der Waals surface area contributed by atoms with Crippen LogP contribution in [0.15, 0.2) is 28.7 Å². The predicted octanol–water partition coefficient (Wildman–Crippen LogP) is 4.12. The zero-order valence-corrected chi connectivity index (χ0v) is 10.5. The van der Waals surface area contributed by atoms with Crippen LogP contribution in [-0.4, -0.2) is 10.5 Å². The lowest BCUT2D eigenvalue weighted by Gasteiger charge is -2.06. The SMILES string of the molecule is CC(C)SC(=O)Nc1cccc(Br)c1. The van der Waals surface area contributed by atoms with Gasteiger partial charge in [0.2, 0.25) is 0 Å². The summed E-state index contributed by atoms with van der Waals surface area (Å²) in [6, 6.07) is 7.55. The molecular formula is C10H12BrNOS. The Morgan fingerprint density at radius 3 is 2.79 bits per heavy atom. The third kappa shape index (κ3) is 4.15. The van der Waals surface area contributed by atoms with E-state index in [0.29, 0.717) is 5.25 Å². The Morgan fingerprint density at radius 2 is 2.21 bits per heavy atom. The number of benzene rings is 1. The topological polar surface area (TPSA) is 29.1 Å². The first kappa shape index (κ1) is 11.6. The second-order valence-corrected chi connectivity index (χ2v) is 5.55. The largest absolute Gasteiger partial charge is 0.317 e. The fourth-order valence-corrected chi connectivity index (χ4v) is 1.93. The highest BCUT2D eigenvalue weighted by Crippen LogP contribution is 2.18. The van der Waals surface area contributed by atoms with Gasteiger partial charge in [0.05, 0.1) is 0 Å². The lowest BCUT2D eigenvalue weighted by atomic mass is 10.3. The van der Waals surface area contributed by atoms with Crippen molar-refractivity contribution in [1.82, 2.24) is 0 Å². The van der Waals surface area contributed by atoms with Crippen molar-refractivity contribution in [2.24, 2.45) is 0 Å². The second kappa shape index (κ2) is 5.41. The van der Waals surface area contributed by atoms with Gasteiger partial charge in [0.15, 0.2) is 0 Å². The summed E-state index contributed by atoms with van der Waals surface area (Å²) in [7, 11) is 0. The van der Waals surface area contributed by atoms with Gasteiger partial charge in [-0.2, -0.15) is 0 Å². The van der Waals surface area contributed by atoms with Crippen molar-refractivity contribution < 1.29 is 4.79 Å². The maximum atomic E-state index is 11.4. The van der Waals surface area contributed by atoms with E-state index in [-0.39, 0.29) is 5.24 Å². The van der Waals surface area contributed by atoms with Gasteiger partial charge in [-0.25, -0.2) is 0 Å². The molecule has 1 aromatic carbocycles. The third-order valence-electron chi connectivity index (χ3n) is 1.41. The number of thioether (sulfide) groups is 1. The summed E-state index contributed by atoms with van der Waals surface area (Å²) in [5, 5.41) is 3.10. The quantitative estimate of drug-likeness (QED) is 0.878. The van der Waals surface area contributed by atoms with Crippen molar-refractivity contribution in [1.29, 1.82) is 0 Å². The summed E-state index contributed by atoms with van der Waals surface area (Å²) < 4.78 is 0.963. The number of carbonyl (C=O) groups is 1. The first-order valence-electron chi connectivity index (χ1n) is 4.31. The molecule has 4 heteroatoms. The third-order valence-corrected chi connectivity index (χ3v) is 2.69. The molecule has 0 aliphatic rings. The van der Waals surface area contributed by atoms with Crippen LogP contribution in [0.4, 0.5) is 10.5 Å². The highest BCUT2D eigenvalue weighted by molar-refractivity contribution is 9.10. The van der Waals surface area contributed by atoms with Crippen molar-refractivity contribution in [3.8, 4) is 0 Å². The van der Waals surface area contributed by atoms with Crippen molar-refractivity contribution in [2.45, 2.75) is 19.1 Å². The molecule has 0 radical (unpaired) electrons. The van der Waals surface area contributed by atoms with Gasteiger partial charge in [-0.05, 0) is 18.2 Å². The van der Waals surface area contributed by atoms with Gasteiger partial charge in [-0.15, -0.1) is 0 Å². The molecule has 0 unspecified atom stereocenters. The van der Waals surface area contributed by atoms with Crippen LogP contribution in [0.25, 0.3) is 0 Å². The second-order valence-electron chi connectivity index (χ2n) is 3.09. The molecular weight excluding hydrogens is 262 g/mol. The van der Waals surface area contributed by atoms with Gasteiger partial charge in [0, 0.05) is 15.4 Å². The summed E-state index contributed by atoms with van der Waals surface area (Å²) in [6.07, 6.45) is 0. The van der Waals surface area contributed by atoms with Crippen LogP contribution in [0.5, 0.6) is 0 Å². The molecule has 0 heterocycles. The Morgan fingerprint density at radius 1 is 1.50 bits per heavy atom.